The Balaban J connectivity index is 1.20. The van der Waals surface area contributed by atoms with E-state index in [1.54, 1.807) is 11.1 Å². The summed E-state index contributed by atoms with van der Waals surface area (Å²) in [7, 11) is 0. The number of hydrogen-bond acceptors (Lipinski definition) is 2. The molecule has 4 heteroatoms. The molecule has 1 aromatic heterocycles. The van der Waals surface area contributed by atoms with Crippen LogP contribution in [-0.2, 0) is 27.1 Å². The van der Waals surface area contributed by atoms with Crippen molar-refractivity contribution in [1.29, 1.82) is 0 Å². The van der Waals surface area contributed by atoms with E-state index in [9.17, 15) is 0 Å². The molecule has 5 heterocycles. The summed E-state index contributed by atoms with van der Waals surface area (Å²) in [5.74, 6) is 0. The van der Waals surface area contributed by atoms with Crippen LogP contribution in [0.5, 0.6) is 0 Å². The molecule has 6 aromatic rings. The van der Waals surface area contributed by atoms with Gasteiger partial charge >= 0.3 is 0 Å². The highest BCUT2D eigenvalue weighted by Crippen LogP contribution is 2.65. The summed E-state index contributed by atoms with van der Waals surface area (Å²) in [4.78, 5) is 5.84. The summed E-state index contributed by atoms with van der Waals surface area (Å²) in [5.41, 5.74) is 24.8. The molecule has 4 unspecified atom stereocenters. The zero-order valence-corrected chi connectivity index (χ0v) is 40.2. The Bertz CT molecular complexity index is 3060. The zero-order chi connectivity index (χ0) is 43.8. The fourth-order valence-corrected chi connectivity index (χ4v) is 15.5. The van der Waals surface area contributed by atoms with Gasteiger partial charge in [0, 0.05) is 61.1 Å². The van der Waals surface area contributed by atoms with Crippen LogP contribution in [0.3, 0.4) is 0 Å². The number of fused-ring (bicyclic) bond motifs is 15. The molecule has 4 atom stereocenters. The molecule has 2 saturated carbocycles. The molecule has 0 spiro atoms. The monoisotopic (exact) mass is 828 g/mol. The predicted octanol–water partition coefficient (Wildman–Crippen LogP) is 13.2. The first-order valence-corrected chi connectivity index (χ1v) is 24.7. The van der Waals surface area contributed by atoms with Crippen molar-refractivity contribution in [1.82, 2.24) is 4.57 Å². The molecule has 3 nitrogen and oxygen atoms in total. The number of hydrogen-bond donors (Lipinski definition) is 0. The van der Waals surface area contributed by atoms with E-state index in [0.717, 1.165) is 0 Å². The Morgan fingerprint density at radius 2 is 1.17 bits per heavy atom. The van der Waals surface area contributed by atoms with Crippen LogP contribution in [0.4, 0.5) is 22.7 Å². The molecule has 320 valence electrons. The molecular formula is C59H66BN3. The summed E-state index contributed by atoms with van der Waals surface area (Å²) >= 11 is 0. The Hall–Kier alpha value is -4.70. The van der Waals surface area contributed by atoms with Crippen LogP contribution in [0.2, 0.25) is 0 Å². The van der Waals surface area contributed by atoms with E-state index in [0.29, 0.717) is 0 Å². The summed E-state index contributed by atoms with van der Waals surface area (Å²) in [5, 5.41) is 1.45. The summed E-state index contributed by atoms with van der Waals surface area (Å²) in [6.07, 6.45) is 9.98. The van der Waals surface area contributed by atoms with Crippen molar-refractivity contribution in [2.45, 2.75) is 173 Å². The van der Waals surface area contributed by atoms with Crippen molar-refractivity contribution < 1.29 is 0 Å². The molecule has 0 amide bonds. The normalized spacial score (nSPS) is 27.8. The molecule has 5 aromatic carbocycles. The van der Waals surface area contributed by atoms with Crippen molar-refractivity contribution in [2.75, 3.05) is 9.80 Å². The van der Waals surface area contributed by atoms with Gasteiger partial charge in [-0.05, 0) is 124 Å². The van der Waals surface area contributed by atoms with E-state index in [2.05, 4.69) is 182 Å². The minimum atomic E-state index is -0.139. The Morgan fingerprint density at radius 1 is 0.540 bits per heavy atom. The third-order valence-corrected chi connectivity index (χ3v) is 19.3. The van der Waals surface area contributed by atoms with Gasteiger partial charge in [-0.2, -0.15) is 0 Å². The third kappa shape index (κ3) is 4.33. The van der Waals surface area contributed by atoms with E-state index in [1.165, 1.54) is 141 Å². The second-order valence-corrected chi connectivity index (χ2v) is 24.8. The molecular weight excluding hydrogens is 761 g/mol. The number of anilines is 4. The molecule has 7 aliphatic rings. The van der Waals surface area contributed by atoms with Gasteiger partial charge in [-0.3, -0.25) is 0 Å². The highest BCUT2D eigenvalue weighted by Gasteiger charge is 2.63. The predicted molar refractivity (Wildman–Crippen MR) is 269 cm³/mol. The molecule has 0 saturated heterocycles. The fourth-order valence-electron chi connectivity index (χ4n) is 15.5. The summed E-state index contributed by atoms with van der Waals surface area (Å²) in [6.45, 7) is 30.1. The van der Waals surface area contributed by atoms with Crippen molar-refractivity contribution in [3.8, 4) is 16.9 Å². The molecule has 63 heavy (non-hydrogen) atoms. The average molecular weight is 828 g/mol. The van der Waals surface area contributed by atoms with Crippen LogP contribution in [0.15, 0.2) is 84.9 Å². The fraction of sp³-hybridized carbons (Fsp3) is 0.458. The molecule has 0 radical (unpaired) electrons. The highest BCUT2D eigenvalue weighted by molar-refractivity contribution is 7.00. The maximum Gasteiger partial charge on any atom is 0.252 e. The van der Waals surface area contributed by atoms with Gasteiger partial charge in [0.15, 0.2) is 0 Å². The topological polar surface area (TPSA) is 11.4 Å². The van der Waals surface area contributed by atoms with E-state index >= 15 is 0 Å². The lowest BCUT2D eigenvalue weighted by atomic mass is 9.33. The SMILES string of the molecule is CC(C)(C)c1ccc2c(c1)C1(C)CCCCC1(C)N2c1cc2c3c(c1)-n1c4c(c5cc(C(C)(C)C)cc(c51)B3c1cccc3c1N2C1(C)CCCCC31C)C(C)(C)c1ccccc1-4. The van der Waals surface area contributed by atoms with Crippen LogP contribution in [-0.4, -0.2) is 22.4 Å². The van der Waals surface area contributed by atoms with Crippen LogP contribution >= 0.6 is 0 Å². The Labute approximate surface area is 377 Å². The van der Waals surface area contributed by atoms with Gasteiger partial charge in [0.2, 0.25) is 0 Å². The second kappa shape index (κ2) is 11.6. The van der Waals surface area contributed by atoms with Crippen LogP contribution in [0.25, 0.3) is 27.8 Å². The molecule has 0 N–H and O–H groups in total. The van der Waals surface area contributed by atoms with E-state index in [-0.39, 0.29) is 44.9 Å². The van der Waals surface area contributed by atoms with E-state index in [1.807, 2.05) is 0 Å². The molecule has 13 rings (SSSR count). The molecule has 4 aliphatic heterocycles. The van der Waals surface area contributed by atoms with Crippen molar-refractivity contribution in [2.24, 2.45) is 0 Å². The van der Waals surface area contributed by atoms with Crippen LogP contribution in [0, 0.1) is 0 Å². The van der Waals surface area contributed by atoms with E-state index < -0.39 is 0 Å². The van der Waals surface area contributed by atoms with E-state index in [4.69, 9.17) is 0 Å². The molecule has 0 bridgehead atoms. The highest BCUT2D eigenvalue weighted by atomic mass is 15.3. The average Bonchev–Trinajstić information content (AvgIpc) is 3.85. The van der Waals surface area contributed by atoms with Crippen LogP contribution < -0.4 is 26.2 Å². The minimum absolute atomic E-state index is 0.00440. The number of nitrogens with zero attached hydrogens (tertiary/aromatic N) is 3. The summed E-state index contributed by atoms with van der Waals surface area (Å²) in [6, 6.07) is 35.1. The number of benzene rings is 5. The smallest absolute Gasteiger partial charge is 0.252 e. The van der Waals surface area contributed by atoms with Crippen LogP contribution in [0.1, 0.15) is 168 Å². The quantitative estimate of drug-likeness (QED) is 0.153. The standard InChI is InChI=1S/C59H66BN3/c1-53(2,3)35-24-25-45-42(31-35)57(10)27-16-17-28-58(57,11)62(45)37-33-46-49-47(34-37)63-52-41(56(9)26-15-18-29-59(56,63)12)22-19-23-43(52)60(49)44-32-36(54(4,5)6)30-39-48-51(61(46)50(39)44)38-20-13-14-21-40(38)55(48,7)8/h13-14,19-25,30-34H,15-18,26-29H2,1-12H3. The lowest BCUT2D eigenvalue weighted by Gasteiger charge is -2.53. The number of para-hydroxylation sites is 1. The maximum atomic E-state index is 2.95. The van der Waals surface area contributed by atoms with Gasteiger partial charge in [-0.25, -0.2) is 0 Å². The maximum absolute atomic E-state index is 2.95. The first-order valence-electron chi connectivity index (χ1n) is 24.7. The first kappa shape index (κ1) is 38.7. The Kier molecular flexibility index (Phi) is 7.11. The number of aromatic nitrogens is 1. The van der Waals surface area contributed by atoms with Crippen molar-refractivity contribution in [3.63, 3.8) is 0 Å². The second-order valence-electron chi connectivity index (χ2n) is 24.8. The van der Waals surface area contributed by atoms with Gasteiger partial charge < -0.3 is 14.4 Å². The minimum Gasteiger partial charge on any atom is -0.335 e. The van der Waals surface area contributed by atoms with Crippen molar-refractivity contribution in [3.05, 3.63) is 118 Å². The third-order valence-electron chi connectivity index (χ3n) is 19.3. The van der Waals surface area contributed by atoms with Gasteiger partial charge in [-0.15, -0.1) is 0 Å². The Morgan fingerprint density at radius 3 is 1.89 bits per heavy atom. The zero-order valence-electron chi connectivity index (χ0n) is 40.2. The van der Waals surface area contributed by atoms with Crippen molar-refractivity contribution >= 4 is 56.8 Å². The first-order chi connectivity index (χ1) is 29.8. The van der Waals surface area contributed by atoms with Gasteiger partial charge in [-0.1, -0.05) is 156 Å². The molecule has 2 fully saturated rings. The summed E-state index contributed by atoms with van der Waals surface area (Å²) < 4.78 is 2.81. The van der Waals surface area contributed by atoms with Gasteiger partial charge in [0.25, 0.3) is 6.71 Å². The van der Waals surface area contributed by atoms with Gasteiger partial charge in [0.05, 0.1) is 16.8 Å². The molecule has 3 aliphatic carbocycles. The largest absolute Gasteiger partial charge is 0.335 e. The van der Waals surface area contributed by atoms with Gasteiger partial charge in [0.1, 0.15) is 0 Å². The lowest BCUT2D eigenvalue weighted by Crippen LogP contribution is -2.64. The number of rotatable bonds is 1. The lowest BCUT2D eigenvalue weighted by molar-refractivity contribution is 0.194.